The fraction of sp³-hybridized carbons (Fsp3) is 0.895. The summed E-state index contributed by atoms with van der Waals surface area (Å²) in [6.45, 7) is 10.7. The first kappa shape index (κ1) is 17.8. The molecule has 4 heteroatoms. The van der Waals surface area contributed by atoms with Crippen LogP contribution in [0, 0.1) is 5.41 Å². The van der Waals surface area contributed by atoms with Gasteiger partial charge in [0.2, 0.25) is 0 Å². The maximum Gasteiger partial charge on any atom is 0.171 e. The van der Waals surface area contributed by atoms with Crippen molar-refractivity contribution >= 4 is 12.8 Å². The normalized spacial score (nSPS) is 31.5. The van der Waals surface area contributed by atoms with E-state index in [1.807, 2.05) is 0 Å². The molecule has 3 aliphatic rings. The molecule has 0 bridgehead atoms. The maximum absolute atomic E-state index is 6.53. The highest BCUT2D eigenvalue weighted by Crippen LogP contribution is 2.52. The van der Waals surface area contributed by atoms with E-state index in [2.05, 4.69) is 44.2 Å². The minimum atomic E-state index is -0.429. The number of nitrogens with zero attached hydrogens (tertiary/aromatic N) is 1. The summed E-state index contributed by atoms with van der Waals surface area (Å²) in [5.74, 6) is -0.429. The number of piperidine rings is 1. The number of hydrogen-bond acceptors (Lipinski definition) is 4. The molecule has 2 aliphatic heterocycles. The molecule has 132 valence electrons. The van der Waals surface area contributed by atoms with Crippen LogP contribution in [0.15, 0.2) is 12.2 Å². The van der Waals surface area contributed by atoms with Crippen LogP contribution in [-0.4, -0.2) is 34.4 Å². The van der Waals surface area contributed by atoms with Crippen molar-refractivity contribution in [2.45, 2.75) is 89.5 Å². The molecule has 0 atom stereocenters. The Hall–Kier alpha value is -0.0300. The van der Waals surface area contributed by atoms with Crippen LogP contribution in [0.1, 0.15) is 72.6 Å². The second-order valence-electron chi connectivity index (χ2n) is 8.61. The van der Waals surface area contributed by atoms with E-state index in [1.165, 1.54) is 6.42 Å². The highest BCUT2D eigenvalue weighted by Gasteiger charge is 2.58. The van der Waals surface area contributed by atoms with Crippen molar-refractivity contribution in [3.05, 3.63) is 12.2 Å². The molecule has 23 heavy (non-hydrogen) atoms. The lowest BCUT2D eigenvalue weighted by Gasteiger charge is -2.60. The van der Waals surface area contributed by atoms with Gasteiger partial charge in [0.15, 0.2) is 5.79 Å². The number of hydrogen-bond donors (Lipinski definition) is 1. The molecular weight excluding hydrogens is 306 g/mol. The summed E-state index contributed by atoms with van der Waals surface area (Å²) in [6.07, 6.45) is 12.0. The van der Waals surface area contributed by atoms with Gasteiger partial charge in [-0.25, -0.2) is 4.31 Å². The summed E-state index contributed by atoms with van der Waals surface area (Å²) in [5, 5.41) is 0. The monoisotopic (exact) mass is 339 g/mol. The molecule has 2 heterocycles. The fourth-order valence-electron chi connectivity index (χ4n) is 4.88. The summed E-state index contributed by atoms with van der Waals surface area (Å²) < 4.78 is 15.3. The van der Waals surface area contributed by atoms with Gasteiger partial charge in [0.1, 0.15) is 0 Å². The van der Waals surface area contributed by atoms with Gasteiger partial charge in [-0.3, -0.25) is 0 Å². The van der Waals surface area contributed by atoms with Crippen molar-refractivity contribution in [2.75, 3.05) is 13.2 Å². The molecule has 0 aromatic heterocycles. The first-order valence-corrected chi connectivity index (χ1v) is 9.63. The zero-order valence-electron chi connectivity index (χ0n) is 15.2. The van der Waals surface area contributed by atoms with Gasteiger partial charge >= 0.3 is 0 Å². The smallest absolute Gasteiger partial charge is 0.171 e. The minimum Gasteiger partial charge on any atom is -0.349 e. The average Bonchev–Trinajstić information content (AvgIpc) is 2.55. The zero-order chi connectivity index (χ0) is 16.8. The van der Waals surface area contributed by atoms with Crippen molar-refractivity contribution in [3.63, 3.8) is 0 Å². The lowest BCUT2D eigenvalue weighted by Crippen LogP contribution is -2.67. The van der Waals surface area contributed by atoms with Crippen molar-refractivity contribution < 1.29 is 9.47 Å². The van der Waals surface area contributed by atoms with E-state index < -0.39 is 5.79 Å². The second kappa shape index (κ2) is 6.05. The number of ether oxygens (including phenoxy) is 2. The topological polar surface area (TPSA) is 21.7 Å². The highest BCUT2D eigenvalue weighted by molar-refractivity contribution is 7.77. The fourth-order valence-corrected chi connectivity index (χ4v) is 5.30. The van der Waals surface area contributed by atoms with Crippen LogP contribution in [0.2, 0.25) is 0 Å². The summed E-state index contributed by atoms with van der Waals surface area (Å²) in [7, 11) is 0. The van der Waals surface area contributed by atoms with Crippen LogP contribution < -0.4 is 0 Å². The summed E-state index contributed by atoms with van der Waals surface area (Å²) in [4.78, 5) is 0. The van der Waals surface area contributed by atoms with Gasteiger partial charge in [-0.15, -0.1) is 0 Å². The Morgan fingerprint density at radius 1 is 1.04 bits per heavy atom. The molecular formula is C19H33NO2S. The predicted molar refractivity (Wildman–Crippen MR) is 97.5 cm³/mol. The van der Waals surface area contributed by atoms with E-state index in [4.69, 9.17) is 22.3 Å². The van der Waals surface area contributed by atoms with Gasteiger partial charge in [0.05, 0.1) is 13.2 Å². The van der Waals surface area contributed by atoms with Gasteiger partial charge in [-0.05, 0) is 46.0 Å². The summed E-state index contributed by atoms with van der Waals surface area (Å²) in [6, 6.07) is 0. The van der Waals surface area contributed by atoms with Gasteiger partial charge in [-0.2, -0.15) is 0 Å². The van der Waals surface area contributed by atoms with E-state index in [9.17, 15) is 0 Å². The van der Waals surface area contributed by atoms with E-state index in [0.717, 1.165) is 51.7 Å². The standard InChI is InChI=1S/C19H33NO2S/c1-5-18(6-2)13-19(12-16(3,4)20(18)23)21-14-17(15-22-19)10-8-7-9-11-17/h7-8,23H,5-6,9-15H2,1-4H3. The van der Waals surface area contributed by atoms with Gasteiger partial charge in [0.25, 0.3) is 0 Å². The molecule has 0 aromatic rings. The molecule has 0 radical (unpaired) electrons. The van der Waals surface area contributed by atoms with Gasteiger partial charge in [0, 0.05) is 29.3 Å². The Bertz CT molecular complexity index is 462. The molecule has 2 saturated heterocycles. The van der Waals surface area contributed by atoms with Crippen molar-refractivity contribution in [1.29, 1.82) is 0 Å². The third-order valence-corrected chi connectivity index (χ3v) is 7.45. The third kappa shape index (κ3) is 3.01. The van der Waals surface area contributed by atoms with Crippen LogP contribution in [-0.2, 0) is 9.47 Å². The minimum absolute atomic E-state index is 0.0373. The predicted octanol–water partition coefficient (Wildman–Crippen LogP) is 4.73. The van der Waals surface area contributed by atoms with Crippen molar-refractivity contribution in [3.8, 4) is 0 Å². The molecule has 3 nitrogen and oxygen atoms in total. The van der Waals surface area contributed by atoms with Gasteiger partial charge in [-0.1, -0.05) is 38.8 Å². The number of allylic oxidation sites excluding steroid dienone is 2. The molecule has 3 rings (SSSR count). The highest BCUT2D eigenvalue weighted by atomic mass is 32.1. The van der Waals surface area contributed by atoms with Gasteiger partial charge < -0.3 is 9.47 Å². The lowest BCUT2D eigenvalue weighted by atomic mass is 9.72. The van der Waals surface area contributed by atoms with Crippen molar-refractivity contribution in [1.82, 2.24) is 4.31 Å². The van der Waals surface area contributed by atoms with Crippen LogP contribution in [0.3, 0.4) is 0 Å². The Balaban J connectivity index is 1.81. The van der Waals surface area contributed by atoms with E-state index in [0.29, 0.717) is 0 Å². The van der Waals surface area contributed by atoms with Crippen LogP contribution >= 0.6 is 12.8 Å². The van der Waals surface area contributed by atoms with Crippen LogP contribution in [0.4, 0.5) is 0 Å². The molecule has 2 spiro atoms. The SMILES string of the molecule is CCC1(CC)CC2(CC(C)(C)N1S)OCC1(CC=CCC1)CO2. The second-order valence-corrected chi connectivity index (χ2v) is 9.01. The Morgan fingerprint density at radius 3 is 2.22 bits per heavy atom. The molecule has 0 unspecified atom stereocenters. The Labute approximate surface area is 147 Å². The lowest BCUT2D eigenvalue weighted by molar-refractivity contribution is -0.339. The molecule has 2 fully saturated rings. The molecule has 1 aliphatic carbocycles. The van der Waals surface area contributed by atoms with E-state index in [1.54, 1.807) is 0 Å². The van der Waals surface area contributed by atoms with Crippen LogP contribution in [0.25, 0.3) is 0 Å². The summed E-state index contributed by atoms with van der Waals surface area (Å²) >= 11 is 4.89. The first-order valence-electron chi connectivity index (χ1n) is 9.23. The molecule has 0 N–H and O–H groups in total. The number of thiol groups is 1. The largest absolute Gasteiger partial charge is 0.349 e. The Morgan fingerprint density at radius 2 is 1.70 bits per heavy atom. The maximum atomic E-state index is 6.53. The third-order valence-electron chi connectivity index (χ3n) is 6.48. The summed E-state index contributed by atoms with van der Waals surface area (Å²) in [5.41, 5.74) is 0.218. The Kier molecular flexibility index (Phi) is 4.68. The quantitative estimate of drug-likeness (QED) is 0.580. The van der Waals surface area contributed by atoms with Crippen molar-refractivity contribution in [2.24, 2.45) is 5.41 Å². The average molecular weight is 340 g/mol. The van der Waals surface area contributed by atoms with Crippen LogP contribution in [0.5, 0.6) is 0 Å². The van der Waals surface area contributed by atoms with E-state index >= 15 is 0 Å². The van der Waals surface area contributed by atoms with E-state index in [-0.39, 0.29) is 16.5 Å². The zero-order valence-corrected chi connectivity index (χ0v) is 16.1. The molecule has 0 aromatic carbocycles. The molecule has 0 amide bonds. The number of rotatable bonds is 2. The first-order chi connectivity index (χ1) is 10.8. The molecule has 0 saturated carbocycles.